The number of carboxylic acid groups (broad SMARTS) is 1. The first-order valence-electron chi connectivity index (χ1n) is 7.82. The summed E-state index contributed by atoms with van der Waals surface area (Å²) in [6, 6.07) is 0.934. The van der Waals surface area contributed by atoms with E-state index < -0.39 is 54.4 Å². The lowest BCUT2D eigenvalue weighted by molar-refractivity contribution is -0.346. The lowest BCUT2D eigenvalue weighted by Gasteiger charge is -2.40. The van der Waals surface area contributed by atoms with E-state index in [1.54, 1.807) is 5.32 Å². The zero-order chi connectivity index (χ0) is 21.1. The van der Waals surface area contributed by atoms with Gasteiger partial charge in [-0.2, -0.15) is 26.3 Å². The van der Waals surface area contributed by atoms with Crippen LogP contribution < -0.4 is 5.32 Å². The summed E-state index contributed by atoms with van der Waals surface area (Å²) in [5.74, 6) is -20.3. The van der Waals surface area contributed by atoms with Crippen LogP contribution in [0.25, 0.3) is 10.9 Å². The van der Waals surface area contributed by atoms with Crippen LogP contribution in [-0.2, 0) is 11.2 Å². The van der Waals surface area contributed by atoms with Gasteiger partial charge in [-0.05, 0) is 11.6 Å². The van der Waals surface area contributed by atoms with E-state index in [1.807, 2.05) is 0 Å². The van der Waals surface area contributed by atoms with Crippen LogP contribution >= 0.6 is 0 Å². The fraction of sp³-hybridized carbons (Fsp3) is 0.438. The molecule has 2 heterocycles. The average Bonchev–Trinajstić information content (AvgIpc) is 2.98. The Bertz CT molecular complexity index is 911. The summed E-state index contributed by atoms with van der Waals surface area (Å²) >= 11 is 0. The fourth-order valence-corrected chi connectivity index (χ4v) is 3.22. The van der Waals surface area contributed by atoms with E-state index in [2.05, 4.69) is 4.98 Å². The fourth-order valence-electron chi connectivity index (χ4n) is 3.22. The van der Waals surface area contributed by atoms with E-state index in [0.717, 1.165) is 0 Å². The highest BCUT2D eigenvalue weighted by Crippen LogP contribution is 2.54. The van der Waals surface area contributed by atoms with Crippen LogP contribution in [0.5, 0.6) is 0 Å². The molecule has 0 spiro atoms. The van der Waals surface area contributed by atoms with Crippen LogP contribution in [0.1, 0.15) is 17.3 Å². The minimum absolute atomic E-state index is 0.0948. The summed E-state index contributed by atoms with van der Waals surface area (Å²) in [6.07, 6.45) is -5.47. The normalized spacial score (nSPS) is 21.2. The van der Waals surface area contributed by atoms with Crippen LogP contribution in [0.3, 0.4) is 0 Å². The molecule has 0 aliphatic carbocycles. The number of aromatic nitrogens is 1. The van der Waals surface area contributed by atoms with Crippen molar-refractivity contribution in [2.45, 2.75) is 42.7 Å². The second-order valence-electron chi connectivity index (χ2n) is 6.38. The molecule has 1 aliphatic heterocycles. The number of rotatable bonds is 5. The van der Waals surface area contributed by atoms with E-state index in [4.69, 9.17) is 5.11 Å². The molecular formula is C16H12F8N2O2. The molecule has 0 saturated heterocycles. The summed E-state index contributed by atoms with van der Waals surface area (Å²) in [5.41, 5.74) is -0.582. The number of H-pyrrole nitrogens is 1. The monoisotopic (exact) mass is 416 g/mol. The number of hydrogen-bond donors (Lipinski definition) is 3. The molecule has 2 atom stereocenters. The maximum atomic E-state index is 14.5. The summed E-state index contributed by atoms with van der Waals surface area (Å²) in [6.45, 7) is 0. The number of nitrogens with one attached hydrogen (secondary N) is 2. The lowest BCUT2D eigenvalue weighted by atomic mass is 9.87. The number of aliphatic carboxylic acids is 1. The second-order valence-corrected chi connectivity index (χ2v) is 6.38. The molecule has 0 fully saturated rings. The van der Waals surface area contributed by atoms with Gasteiger partial charge in [-0.15, -0.1) is 0 Å². The Morgan fingerprint density at radius 1 is 1.11 bits per heavy atom. The molecule has 0 saturated carbocycles. The number of hydrogen-bond acceptors (Lipinski definition) is 2. The van der Waals surface area contributed by atoms with Crippen LogP contribution in [0.15, 0.2) is 24.3 Å². The predicted molar refractivity (Wildman–Crippen MR) is 80.1 cm³/mol. The number of carboxylic acids is 1. The van der Waals surface area contributed by atoms with Gasteiger partial charge in [0.25, 0.3) is 0 Å². The van der Waals surface area contributed by atoms with Crippen molar-refractivity contribution in [2.75, 3.05) is 0 Å². The zero-order valence-electron chi connectivity index (χ0n) is 13.6. The van der Waals surface area contributed by atoms with E-state index >= 15 is 0 Å². The Balaban J connectivity index is 2.19. The third kappa shape index (κ3) is 2.73. The maximum Gasteiger partial charge on any atom is 0.379 e. The third-order valence-electron chi connectivity index (χ3n) is 4.68. The standard InChI is InChI=1S/C16H12F8N2O2/c17-13(18)15(21,22)16(23,24)14(19,20)11-10-7(5-9(26-11)12(27)28)6-3-1-2-4-8(6)25-10/h1-4,9,11,13,25-26H,5H2,(H,27,28). The molecule has 3 N–H and O–H groups in total. The highest BCUT2D eigenvalue weighted by Gasteiger charge is 2.78. The first-order chi connectivity index (χ1) is 12.8. The molecule has 28 heavy (non-hydrogen) atoms. The highest BCUT2D eigenvalue weighted by molar-refractivity contribution is 5.86. The first kappa shape index (κ1) is 20.4. The molecule has 2 unspecified atom stereocenters. The van der Waals surface area contributed by atoms with E-state index in [1.165, 1.54) is 24.3 Å². The van der Waals surface area contributed by atoms with Crippen molar-refractivity contribution >= 4 is 16.9 Å². The molecule has 154 valence electrons. The number of fused-ring (bicyclic) bond motifs is 3. The molecule has 12 heteroatoms. The minimum atomic E-state index is -6.47. The number of carbonyl (C=O) groups is 1. The van der Waals surface area contributed by atoms with E-state index in [-0.39, 0.29) is 16.5 Å². The molecule has 4 nitrogen and oxygen atoms in total. The number of alkyl halides is 8. The van der Waals surface area contributed by atoms with Crippen LogP contribution in [-0.4, -0.2) is 46.3 Å². The summed E-state index contributed by atoms with van der Waals surface area (Å²) < 4.78 is 108. The smallest absolute Gasteiger partial charge is 0.379 e. The number of halogens is 8. The van der Waals surface area contributed by atoms with E-state index in [0.29, 0.717) is 0 Å². The van der Waals surface area contributed by atoms with Crippen molar-refractivity contribution in [3.05, 3.63) is 35.5 Å². The molecule has 1 aromatic carbocycles. The molecule has 1 aliphatic rings. The van der Waals surface area contributed by atoms with Crippen molar-refractivity contribution < 1.29 is 45.0 Å². The number of aromatic amines is 1. The first-order valence-corrected chi connectivity index (χ1v) is 7.82. The molecule has 3 rings (SSSR count). The zero-order valence-corrected chi connectivity index (χ0v) is 13.6. The Morgan fingerprint density at radius 2 is 1.71 bits per heavy atom. The third-order valence-corrected chi connectivity index (χ3v) is 4.68. The van der Waals surface area contributed by atoms with Gasteiger partial charge >= 0.3 is 30.2 Å². The van der Waals surface area contributed by atoms with Crippen LogP contribution in [0.2, 0.25) is 0 Å². The summed E-state index contributed by atoms with van der Waals surface area (Å²) in [7, 11) is 0. The highest BCUT2D eigenvalue weighted by atomic mass is 19.4. The van der Waals surface area contributed by atoms with Crippen molar-refractivity contribution in [3.8, 4) is 0 Å². The van der Waals surface area contributed by atoms with Crippen LogP contribution in [0, 0.1) is 0 Å². The lowest BCUT2D eigenvalue weighted by Crippen LogP contribution is -2.63. The Labute approximate surface area is 151 Å². The van der Waals surface area contributed by atoms with Crippen molar-refractivity contribution in [1.82, 2.24) is 10.3 Å². The number of benzene rings is 1. The van der Waals surface area contributed by atoms with Crippen LogP contribution in [0.4, 0.5) is 35.1 Å². The van der Waals surface area contributed by atoms with Gasteiger partial charge in [-0.25, -0.2) is 8.78 Å². The van der Waals surface area contributed by atoms with Gasteiger partial charge in [0.2, 0.25) is 0 Å². The predicted octanol–water partition coefficient (Wildman–Crippen LogP) is 3.98. The Hall–Kier alpha value is -2.37. The molecule has 1 aromatic heterocycles. The van der Waals surface area contributed by atoms with Gasteiger partial charge in [0.1, 0.15) is 12.1 Å². The Morgan fingerprint density at radius 3 is 2.29 bits per heavy atom. The Kier molecular flexibility index (Phi) is 4.60. The molecule has 0 bridgehead atoms. The average molecular weight is 416 g/mol. The van der Waals surface area contributed by atoms with Gasteiger partial charge in [0.15, 0.2) is 0 Å². The second kappa shape index (κ2) is 6.33. The number of para-hydroxylation sites is 1. The maximum absolute atomic E-state index is 14.5. The SMILES string of the molecule is O=C(O)C1Cc2c([nH]c3ccccc23)C(C(F)(F)C(F)(F)C(F)(F)C(F)F)N1. The largest absolute Gasteiger partial charge is 0.480 e. The quantitative estimate of drug-likeness (QED) is 0.647. The molecule has 2 aromatic rings. The van der Waals surface area contributed by atoms with Crippen molar-refractivity contribution in [3.63, 3.8) is 0 Å². The van der Waals surface area contributed by atoms with Crippen molar-refractivity contribution in [1.29, 1.82) is 0 Å². The molecule has 0 radical (unpaired) electrons. The van der Waals surface area contributed by atoms with Gasteiger partial charge in [-0.1, -0.05) is 18.2 Å². The topological polar surface area (TPSA) is 65.1 Å². The molecule has 0 amide bonds. The van der Waals surface area contributed by atoms with E-state index in [9.17, 15) is 39.9 Å². The van der Waals surface area contributed by atoms with Gasteiger partial charge in [0, 0.05) is 23.0 Å². The minimum Gasteiger partial charge on any atom is -0.480 e. The van der Waals surface area contributed by atoms with Crippen molar-refractivity contribution in [2.24, 2.45) is 0 Å². The van der Waals surface area contributed by atoms with Gasteiger partial charge in [-0.3, -0.25) is 10.1 Å². The van der Waals surface area contributed by atoms with Gasteiger partial charge in [0.05, 0.1) is 0 Å². The molecular weight excluding hydrogens is 404 g/mol. The summed E-state index contributed by atoms with van der Waals surface area (Å²) in [4.78, 5) is 13.7. The van der Waals surface area contributed by atoms with Gasteiger partial charge < -0.3 is 10.1 Å². The summed E-state index contributed by atoms with van der Waals surface area (Å²) in [5, 5.41) is 11.1.